The summed E-state index contributed by atoms with van der Waals surface area (Å²) < 4.78 is 0. The van der Waals surface area contributed by atoms with Gasteiger partial charge in [-0.15, -0.1) is 0 Å². The second-order valence-electron chi connectivity index (χ2n) is 8.33. The number of nitrogens with one attached hydrogen (secondary N) is 1. The molecular weight excluding hydrogens is 442 g/mol. The van der Waals surface area contributed by atoms with E-state index in [-0.39, 0.29) is 11.9 Å². The summed E-state index contributed by atoms with van der Waals surface area (Å²) in [6.45, 7) is 0.472. The summed E-state index contributed by atoms with van der Waals surface area (Å²) in [5, 5.41) is 9.88. The SMILES string of the molecule is O=C(Nc1ccc(Cc2ccccc2)cc1)N1CC(c2ccccc2)C(c2ccc(Cl)cc2)=N1. The zero-order valence-corrected chi connectivity index (χ0v) is 19.3. The maximum Gasteiger partial charge on any atom is 0.342 e. The number of carbonyl (C=O) groups is 1. The molecule has 34 heavy (non-hydrogen) atoms. The molecule has 0 spiro atoms. The second-order valence-corrected chi connectivity index (χ2v) is 8.76. The first-order valence-electron chi connectivity index (χ1n) is 11.3. The number of halogens is 1. The van der Waals surface area contributed by atoms with Crippen molar-refractivity contribution in [1.29, 1.82) is 0 Å². The smallest absolute Gasteiger partial charge is 0.306 e. The fourth-order valence-corrected chi connectivity index (χ4v) is 4.31. The van der Waals surface area contributed by atoms with Gasteiger partial charge in [0.2, 0.25) is 0 Å². The molecule has 5 heteroatoms. The highest BCUT2D eigenvalue weighted by atomic mass is 35.5. The van der Waals surface area contributed by atoms with Gasteiger partial charge in [-0.2, -0.15) is 5.10 Å². The Morgan fingerprint density at radius 2 is 1.44 bits per heavy atom. The van der Waals surface area contributed by atoms with E-state index >= 15 is 0 Å². The van der Waals surface area contributed by atoms with E-state index in [4.69, 9.17) is 16.7 Å². The number of anilines is 1. The van der Waals surface area contributed by atoms with E-state index in [1.807, 2.05) is 84.9 Å². The lowest BCUT2D eigenvalue weighted by atomic mass is 9.91. The summed E-state index contributed by atoms with van der Waals surface area (Å²) in [7, 11) is 0. The quantitative estimate of drug-likeness (QED) is 0.340. The van der Waals surface area contributed by atoms with E-state index < -0.39 is 0 Å². The van der Waals surface area contributed by atoms with Crippen molar-refractivity contribution in [2.24, 2.45) is 5.10 Å². The molecule has 4 aromatic rings. The van der Waals surface area contributed by atoms with Crippen LogP contribution in [0, 0.1) is 0 Å². The standard InChI is InChI=1S/C29H24ClN3O/c30-25-15-13-24(14-16-25)28-27(23-9-5-2-6-10-23)20-33(32-28)29(34)31-26-17-11-22(12-18-26)19-21-7-3-1-4-8-21/h1-18,27H,19-20H2,(H,31,34). The third-order valence-electron chi connectivity index (χ3n) is 5.95. The van der Waals surface area contributed by atoms with E-state index in [2.05, 4.69) is 29.6 Å². The topological polar surface area (TPSA) is 44.7 Å². The molecule has 0 aliphatic carbocycles. The fraction of sp³-hybridized carbons (Fsp3) is 0.103. The molecule has 0 radical (unpaired) electrons. The number of rotatable bonds is 5. The monoisotopic (exact) mass is 465 g/mol. The van der Waals surface area contributed by atoms with Crippen LogP contribution in [0.25, 0.3) is 0 Å². The number of nitrogens with zero attached hydrogens (tertiary/aromatic N) is 2. The van der Waals surface area contributed by atoms with Gasteiger partial charge in [-0.1, -0.05) is 96.5 Å². The van der Waals surface area contributed by atoms with Gasteiger partial charge in [0, 0.05) is 16.6 Å². The van der Waals surface area contributed by atoms with Crippen LogP contribution in [0.1, 0.15) is 28.2 Å². The molecule has 4 aromatic carbocycles. The molecule has 5 rings (SSSR count). The summed E-state index contributed by atoms with van der Waals surface area (Å²) in [6.07, 6.45) is 0.856. The lowest BCUT2D eigenvalue weighted by molar-refractivity contribution is 0.218. The Bertz CT molecular complexity index is 1290. The van der Waals surface area contributed by atoms with Gasteiger partial charge in [-0.3, -0.25) is 0 Å². The Hall–Kier alpha value is -3.89. The number of hydrazone groups is 1. The van der Waals surface area contributed by atoms with Gasteiger partial charge in [0.15, 0.2) is 0 Å². The van der Waals surface area contributed by atoms with Crippen molar-refractivity contribution in [2.75, 3.05) is 11.9 Å². The first kappa shape index (κ1) is 21.9. The average molecular weight is 466 g/mol. The lowest BCUT2D eigenvalue weighted by Crippen LogP contribution is -2.30. The van der Waals surface area contributed by atoms with E-state index in [0.717, 1.165) is 28.9 Å². The highest BCUT2D eigenvalue weighted by molar-refractivity contribution is 6.30. The molecule has 168 valence electrons. The van der Waals surface area contributed by atoms with E-state index in [0.29, 0.717) is 11.6 Å². The van der Waals surface area contributed by atoms with Crippen molar-refractivity contribution in [3.8, 4) is 0 Å². The molecule has 2 amide bonds. The molecule has 1 aliphatic heterocycles. The van der Waals surface area contributed by atoms with Crippen LogP contribution in [0.3, 0.4) is 0 Å². The van der Waals surface area contributed by atoms with Gasteiger partial charge in [0.25, 0.3) is 0 Å². The molecule has 0 saturated heterocycles. The first-order chi connectivity index (χ1) is 16.7. The predicted octanol–water partition coefficient (Wildman–Crippen LogP) is 6.97. The molecule has 0 aromatic heterocycles. The summed E-state index contributed by atoms with van der Waals surface area (Å²) in [5.74, 6) is -0.0126. The van der Waals surface area contributed by atoms with E-state index in [9.17, 15) is 4.79 Å². The molecule has 1 heterocycles. The largest absolute Gasteiger partial charge is 0.342 e. The summed E-state index contributed by atoms with van der Waals surface area (Å²) in [4.78, 5) is 13.1. The van der Waals surface area contributed by atoms with Crippen LogP contribution in [0.5, 0.6) is 0 Å². The van der Waals surface area contributed by atoms with Crippen molar-refractivity contribution in [3.63, 3.8) is 0 Å². The number of carbonyl (C=O) groups excluding carboxylic acids is 1. The molecule has 0 saturated carbocycles. The number of urea groups is 1. The normalized spacial score (nSPS) is 15.1. The zero-order chi connectivity index (χ0) is 23.3. The minimum Gasteiger partial charge on any atom is -0.306 e. The Kier molecular flexibility index (Phi) is 6.41. The zero-order valence-electron chi connectivity index (χ0n) is 18.6. The average Bonchev–Trinajstić information content (AvgIpc) is 3.33. The Morgan fingerprint density at radius 3 is 2.12 bits per heavy atom. The highest BCUT2D eigenvalue weighted by Crippen LogP contribution is 2.29. The van der Waals surface area contributed by atoms with Crippen LogP contribution < -0.4 is 5.32 Å². The second kappa shape index (κ2) is 9.94. The van der Waals surface area contributed by atoms with Crippen LogP contribution in [0.15, 0.2) is 114 Å². The van der Waals surface area contributed by atoms with Crippen LogP contribution in [0.2, 0.25) is 5.02 Å². The summed E-state index contributed by atoms with van der Waals surface area (Å²) in [5.41, 5.74) is 6.13. The van der Waals surface area contributed by atoms with Crippen LogP contribution in [-0.2, 0) is 6.42 Å². The Balaban J connectivity index is 1.32. The predicted molar refractivity (Wildman–Crippen MR) is 139 cm³/mol. The van der Waals surface area contributed by atoms with Crippen LogP contribution in [-0.4, -0.2) is 23.3 Å². The van der Waals surface area contributed by atoms with Crippen LogP contribution in [0.4, 0.5) is 10.5 Å². The summed E-state index contributed by atoms with van der Waals surface area (Å²) >= 11 is 6.08. The van der Waals surface area contributed by atoms with Crippen LogP contribution >= 0.6 is 11.6 Å². The maximum absolute atomic E-state index is 13.1. The van der Waals surface area contributed by atoms with Gasteiger partial charge in [-0.05, 0) is 52.9 Å². The molecule has 1 N–H and O–H groups in total. The first-order valence-corrected chi connectivity index (χ1v) is 11.6. The van der Waals surface area contributed by atoms with Crippen molar-refractivity contribution >= 4 is 29.0 Å². The summed E-state index contributed by atoms with van der Waals surface area (Å²) in [6, 6.07) is 35.8. The van der Waals surface area contributed by atoms with Gasteiger partial charge >= 0.3 is 6.03 Å². The Labute approximate surface area is 204 Å². The minimum atomic E-state index is -0.249. The number of hydrogen-bond acceptors (Lipinski definition) is 2. The lowest BCUT2D eigenvalue weighted by Gasteiger charge is -2.16. The minimum absolute atomic E-state index is 0.0126. The van der Waals surface area contributed by atoms with Crippen molar-refractivity contribution in [3.05, 3.63) is 136 Å². The van der Waals surface area contributed by atoms with Crippen molar-refractivity contribution in [1.82, 2.24) is 5.01 Å². The molecule has 4 nitrogen and oxygen atoms in total. The Morgan fingerprint density at radius 1 is 0.824 bits per heavy atom. The maximum atomic E-state index is 13.1. The molecule has 0 bridgehead atoms. The van der Waals surface area contributed by atoms with Gasteiger partial charge in [0.1, 0.15) is 0 Å². The van der Waals surface area contributed by atoms with Gasteiger partial charge in [0.05, 0.1) is 12.3 Å². The van der Waals surface area contributed by atoms with Gasteiger partial charge < -0.3 is 5.32 Å². The third kappa shape index (κ3) is 5.03. The number of amides is 2. The molecule has 0 fully saturated rings. The highest BCUT2D eigenvalue weighted by Gasteiger charge is 2.32. The van der Waals surface area contributed by atoms with Gasteiger partial charge in [-0.25, -0.2) is 9.80 Å². The molecule has 1 aliphatic rings. The third-order valence-corrected chi connectivity index (χ3v) is 6.20. The van der Waals surface area contributed by atoms with E-state index in [1.54, 1.807) is 0 Å². The van der Waals surface area contributed by atoms with E-state index in [1.165, 1.54) is 16.1 Å². The fourth-order valence-electron chi connectivity index (χ4n) is 4.18. The molecule has 1 atom stereocenters. The molecular formula is C29H24ClN3O. The van der Waals surface area contributed by atoms with Crippen molar-refractivity contribution in [2.45, 2.75) is 12.3 Å². The number of hydrogen-bond donors (Lipinski definition) is 1. The van der Waals surface area contributed by atoms with Crippen molar-refractivity contribution < 1.29 is 4.79 Å². The molecule has 1 unspecified atom stereocenters. The number of benzene rings is 4.